The number of aliphatic hydroxyl groups excluding tert-OH is 1. The maximum absolute atomic E-state index is 11.8. The zero-order valence-corrected chi connectivity index (χ0v) is 11.0. The highest BCUT2D eigenvalue weighted by molar-refractivity contribution is 6.03. The van der Waals surface area contributed by atoms with E-state index in [1.54, 1.807) is 55.6 Å². The Morgan fingerprint density at radius 2 is 1.75 bits per heavy atom. The standard InChI is InChI=1S/C16H15NO3/c1-20-14-9-7-13(8-10-14)17-16(19)11-15(18)12-5-3-2-4-6-12/h2-11,18H,1H3,(H,17,19)/b15-11-. The number of carbonyl (C=O) groups is 1. The SMILES string of the molecule is COc1ccc(NC(=O)/C=C(\O)c2ccccc2)cc1. The monoisotopic (exact) mass is 269 g/mol. The van der Waals surface area contributed by atoms with Gasteiger partial charge in [0.1, 0.15) is 11.5 Å². The molecule has 2 N–H and O–H groups in total. The van der Waals surface area contributed by atoms with Gasteiger partial charge in [0.05, 0.1) is 7.11 Å². The Bertz CT molecular complexity index is 603. The molecule has 0 fully saturated rings. The van der Waals surface area contributed by atoms with Gasteiger partial charge in [-0.15, -0.1) is 0 Å². The molecular formula is C16H15NO3. The average Bonchev–Trinajstić information content (AvgIpc) is 2.49. The topological polar surface area (TPSA) is 58.6 Å². The fourth-order valence-corrected chi connectivity index (χ4v) is 1.67. The lowest BCUT2D eigenvalue weighted by Gasteiger charge is -2.04. The molecule has 0 atom stereocenters. The van der Waals surface area contributed by atoms with Crippen LogP contribution in [0.5, 0.6) is 5.75 Å². The van der Waals surface area contributed by atoms with E-state index in [-0.39, 0.29) is 5.76 Å². The summed E-state index contributed by atoms with van der Waals surface area (Å²) in [4.78, 5) is 11.8. The smallest absolute Gasteiger partial charge is 0.252 e. The molecule has 4 heteroatoms. The minimum Gasteiger partial charge on any atom is -0.507 e. The second kappa shape index (κ2) is 6.43. The van der Waals surface area contributed by atoms with E-state index in [0.29, 0.717) is 17.0 Å². The summed E-state index contributed by atoms with van der Waals surface area (Å²) in [6.07, 6.45) is 1.15. The van der Waals surface area contributed by atoms with Crippen LogP contribution in [0, 0.1) is 0 Å². The van der Waals surface area contributed by atoms with Gasteiger partial charge in [-0.2, -0.15) is 0 Å². The Balaban J connectivity index is 2.04. The first-order chi connectivity index (χ1) is 9.69. The zero-order chi connectivity index (χ0) is 14.4. The largest absolute Gasteiger partial charge is 0.507 e. The van der Waals surface area contributed by atoms with E-state index in [0.717, 1.165) is 6.08 Å². The number of rotatable bonds is 4. The van der Waals surface area contributed by atoms with E-state index in [1.807, 2.05) is 6.07 Å². The normalized spacial score (nSPS) is 10.9. The molecule has 0 radical (unpaired) electrons. The summed E-state index contributed by atoms with van der Waals surface area (Å²) >= 11 is 0. The van der Waals surface area contributed by atoms with Crippen LogP contribution in [0.15, 0.2) is 60.7 Å². The number of carbonyl (C=O) groups excluding carboxylic acids is 1. The van der Waals surface area contributed by atoms with Gasteiger partial charge in [-0.05, 0) is 24.3 Å². The van der Waals surface area contributed by atoms with Gasteiger partial charge < -0.3 is 15.2 Å². The molecule has 0 aromatic heterocycles. The van der Waals surface area contributed by atoms with Crippen molar-refractivity contribution in [1.29, 1.82) is 0 Å². The number of ether oxygens (including phenoxy) is 1. The lowest BCUT2D eigenvalue weighted by Crippen LogP contribution is -2.08. The molecule has 1 amide bonds. The maximum atomic E-state index is 11.8. The molecule has 0 unspecified atom stereocenters. The van der Waals surface area contributed by atoms with Crippen LogP contribution < -0.4 is 10.1 Å². The zero-order valence-electron chi connectivity index (χ0n) is 11.0. The molecule has 2 rings (SSSR count). The number of anilines is 1. The molecule has 102 valence electrons. The maximum Gasteiger partial charge on any atom is 0.252 e. The Kier molecular flexibility index (Phi) is 4.39. The quantitative estimate of drug-likeness (QED) is 0.661. The second-order valence-electron chi connectivity index (χ2n) is 4.11. The number of amides is 1. The number of methoxy groups -OCH3 is 1. The highest BCUT2D eigenvalue weighted by atomic mass is 16.5. The molecule has 0 saturated carbocycles. The van der Waals surface area contributed by atoms with Gasteiger partial charge in [0.2, 0.25) is 0 Å². The van der Waals surface area contributed by atoms with Gasteiger partial charge in [-0.1, -0.05) is 30.3 Å². The second-order valence-corrected chi connectivity index (χ2v) is 4.11. The Hall–Kier alpha value is -2.75. The van der Waals surface area contributed by atoms with Crippen LogP contribution in [-0.4, -0.2) is 18.1 Å². The first-order valence-electron chi connectivity index (χ1n) is 6.10. The molecule has 0 spiro atoms. The molecular weight excluding hydrogens is 254 g/mol. The van der Waals surface area contributed by atoms with Crippen LogP contribution in [-0.2, 0) is 4.79 Å². The molecule has 0 aliphatic carbocycles. The van der Waals surface area contributed by atoms with E-state index >= 15 is 0 Å². The number of benzene rings is 2. The third kappa shape index (κ3) is 3.62. The number of hydrogen-bond donors (Lipinski definition) is 2. The molecule has 4 nitrogen and oxygen atoms in total. The average molecular weight is 269 g/mol. The molecule has 0 aliphatic heterocycles. The number of nitrogens with one attached hydrogen (secondary N) is 1. The summed E-state index contributed by atoms with van der Waals surface area (Å²) < 4.78 is 5.03. The van der Waals surface area contributed by atoms with Crippen molar-refractivity contribution in [2.75, 3.05) is 12.4 Å². The van der Waals surface area contributed by atoms with E-state index in [1.165, 1.54) is 0 Å². The van der Waals surface area contributed by atoms with E-state index in [9.17, 15) is 9.90 Å². The molecule has 0 saturated heterocycles. The highest BCUT2D eigenvalue weighted by Crippen LogP contribution is 2.15. The first-order valence-corrected chi connectivity index (χ1v) is 6.10. The van der Waals surface area contributed by atoms with E-state index in [4.69, 9.17) is 4.74 Å². The van der Waals surface area contributed by atoms with Crippen LogP contribution >= 0.6 is 0 Å². The van der Waals surface area contributed by atoms with Crippen molar-refractivity contribution in [3.63, 3.8) is 0 Å². The first kappa shape index (κ1) is 13.7. The molecule has 0 heterocycles. The molecule has 2 aromatic rings. The molecule has 20 heavy (non-hydrogen) atoms. The minimum atomic E-state index is -0.392. The summed E-state index contributed by atoms with van der Waals surface area (Å²) in [5.41, 5.74) is 1.23. The van der Waals surface area contributed by atoms with Crippen molar-refractivity contribution in [3.8, 4) is 5.75 Å². The van der Waals surface area contributed by atoms with Crippen LogP contribution in [0.2, 0.25) is 0 Å². The van der Waals surface area contributed by atoms with Crippen LogP contribution in [0.25, 0.3) is 5.76 Å². The van der Waals surface area contributed by atoms with Crippen molar-refractivity contribution >= 4 is 17.4 Å². The molecule has 0 bridgehead atoms. The lowest BCUT2D eigenvalue weighted by atomic mass is 10.2. The van der Waals surface area contributed by atoms with Crippen molar-refractivity contribution in [1.82, 2.24) is 0 Å². The van der Waals surface area contributed by atoms with Crippen molar-refractivity contribution in [2.24, 2.45) is 0 Å². The summed E-state index contributed by atoms with van der Waals surface area (Å²) in [6.45, 7) is 0. The van der Waals surface area contributed by atoms with Gasteiger partial charge in [-0.3, -0.25) is 4.79 Å². The molecule has 0 aliphatic rings. The lowest BCUT2D eigenvalue weighted by molar-refractivity contribution is -0.111. The van der Waals surface area contributed by atoms with Crippen molar-refractivity contribution in [2.45, 2.75) is 0 Å². The highest BCUT2D eigenvalue weighted by Gasteiger charge is 2.03. The van der Waals surface area contributed by atoms with Crippen LogP contribution in [0.1, 0.15) is 5.56 Å². The summed E-state index contributed by atoms with van der Waals surface area (Å²) in [5, 5.41) is 12.5. The fraction of sp³-hybridized carbons (Fsp3) is 0.0625. The van der Waals surface area contributed by atoms with E-state index < -0.39 is 5.91 Å². The third-order valence-electron chi connectivity index (χ3n) is 2.69. The van der Waals surface area contributed by atoms with Gasteiger partial charge in [0.15, 0.2) is 0 Å². The predicted molar refractivity (Wildman–Crippen MR) is 78.7 cm³/mol. The van der Waals surface area contributed by atoms with Gasteiger partial charge >= 0.3 is 0 Å². The minimum absolute atomic E-state index is 0.0726. The fourth-order valence-electron chi connectivity index (χ4n) is 1.67. The van der Waals surface area contributed by atoms with Gasteiger partial charge in [0.25, 0.3) is 5.91 Å². The van der Waals surface area contributed by atoms with Gasteiger partial charge in [0, 0.05) is 17.3 Å². The van der Waals surface area contributed by atoms with Crippen LogP contribution in [0.3, 0.4) is 0 Å². The third-order valence-corrected chi connectivity index (χ3v) is 2.69. The number of hydrogen-bond acceptors (Lipinski definition) is 3. The Labute approximate surface area is 117 Å². The predicted octanol–water partition coefficient (Wildman–Crippen LogP) is 3.23. The summed E-state index contributed by atoms with van der Waals surface area (Å²) in [5.74, 6) is 0.249. The Morgan fingerprint density at radius 3 is 2.35 bits per heavy atom. The van der Waals surface area contributed by atoms with Gasteiger partial charge in [-0.25, -0.2) is 0 Å². The summed E-state index contributed by atoms with van der Waals surface area (Å²) in [7, 11) is 1.58. The molecule has 2 aromatic carbocycles. The summed E-state index contributed by atoms with van der Waals surface area (Å²) in [6, 6.07) is 15.8. The number of aliphatic hydroxyl groups is 1. The van der Waals surface area contributed by atoms with E-state index in [2.05, 4.69) is 5.32 Å². The van der Waals surface area contributed by atoms with Crippen molar-refractivity contribution < 1.29 is 14.6 Å². The Morgan fingerprint density at radius 1 is 1.10 bits per heavy atom. The van der Waals surface area contributed by atoms with Crippen LogP contribution in [0.4, 0.5) is 5.69 Å². The van der Waals surface area contributed by atoms with Crippen molar-refractivity contribution in [3.05, 3.63) is 66.2 Å².